The highest BCUT2D eigenvalue weighted by Crippen LogP contribution is 2.22. The summed E-state index contributed by atoms with van der Waals surface area (Å²) < 4.78 is 0. The summed E-state index contributed by atoms with van der Waals surface area (Å²) in [6.07, 6.45) is 6.73. The van der Waals surface area contributed by atoms with Gasteiger partial charge in [-0.05, 0) is 50.0 Å². The van der Waals surface area contributed by atoms with Gasteiger partial charge in [0.15, 0.2) is 0 Å². The number of piperidine rings is 1. The molecule has 19 heavy (non-hydrogen) atoms. The van der Waals surface area contributed by atoms with Crippen LogP contribution in [0.15, 0.2) is 24.3 Å². The molecule has 0 saturated carbocycles. The first kappa shape index (κ1) is 14.4. The lowest BCUT2D eigenvalue weighted by molar-refractivity contribution is -0.129. The van der Waals surface area contributed by atoms with Crippen LogP contribution in [0.5, 0.6) is 0 Å². The minimum Gasteiger partial charge on any atom is -0.336 e. The van der Waals surface area contributed by atoms with Crippen molar-refractivity contribution < 1.29 is 4.79 Å². The Morgan fingerprint density at radius 3 is 2.84 bits per heavy atom. The van der Waals surface area contributed by atoms with Crippen LogP contribution >= 0.6 is 23.2 Å². The summed E-state index contributed by atoms with van der Waals surface area (Å²) >= 11 is 11.9. The highest BCUT2D eigenvalue weighted by Gasteiger charge is 2.21. The highest BCUT2D eigenvalue weighted by molar-refractivity contribution is 6.35. The Morgan fingerprint density at radius 1 is 1.37 bits per heavy atom. The van der Waals surface area contributed by atoms with Gasteiger partial charge in [-0.15, -0.1) is 0 Å². The number of benzene rings is 1. The highest BCUT2D eigenvalue weighted by atomic mass is 35.5. The molecule has 2 rings (SSSR count). The van der Waals surface area contributed by atoms with Crippen LogP contribution in [0.2, 0.25) is 10.0 Å². The molecule has 0 radical (unpaired) electrons. The van der Waals surface area contributed by atoms with Gasteiger partial charge in [0.05, 0.1) is 0 Å². The van der Waals surface area contributed by atoms with Gasteiger partial charge in [-0.25, -0.2) is 0 Å². The van der Waals surface area contributed by atoms with Gasteiger partial charge in [-0.3, -0.25) is 4.79 Å². The largest absolute Gasteiger partial charge is 0.336 e. The molecule has 1 aliphatic heterocycles. The molecule has 1 heterocycles. The Hall–Kier alpha value is -0.990. The molecule has 1 unspecified atom stereocenters. The van der Waals surface area contributed by atoms with Crippen molar-refractivity contribution in [1.82, 2.24) is 4.90 Å². The molecule has 0 aromatic heterocycles. The van der Waals surface area contributed by atoms with E-state index in [0.29, 0.717) is 16.1 Å². The number of amides is 1. The summed E-state index contributed by atoms with van der Waals surface area (Å²) in [7, 11) is 0. The standard InChI is InChI=1S/C15H17Cl2NO/c1-11-4-2-3-9-18(11)15(19)8-6-12-5-7-13(16)10-14(12)17/h5-8,10-11H,2-4,9H2,1H3/b8-6+. The molecule has 1 saturated heterocycles. The first-order valence-electron chi connectivity index (χ1n) is 6.51. The summed E-state index contributed by atoms with van der Waals surface area (Å²) in [5.74, 6) is 0.0539. The average molecular weight is 298 g/mol. The number of carbonyl (C=O) groups is 1. The smallest absolute Gasteiger partial charge is 0.246 e. The van der Waals surface area contributed by atoms with Crippen molar-refractivity contribution in [3.05, 3.63) is 39.9 Å². The summed E-state index contributed by atoms with van der Waals surface area (Å²) in [6, 6.07) is 5.58. The monoisotopic (exact) mass is 297 g/mol. The Labute approximate surface area is 124 Å². The summed E-state index contributed by atoms with van der Waals surface area (Å²) in [5, 5.41) is 1.15. The molecular weight excluding hydrogens is 281 g/mol. The van der Waals surface area contributed by atoms with E-state index >= 15 is 0 Å². The summed E-state index contributed by atoms with van der Waals surface area (Å²) in [6.45, 7) is 2.94. The number of likely N-dealkylation sites (tertiary alicyclic amines) is 1. The van der Waals surface area contributed by atoms with Gasteiger partial charge < -0.3 is 4.90 Å². The van der Waals surface area contributed by atoms with Crippen molar-refractivity contribution in [1.29, 1.82) is 0 Å². The summed E-state index contributed by atoms with van der Waals surface area (Å²) in [4.78, 5) is 14.1. The lowest BCUT2D eigenvalue weighted by Crippen LogP contribution is -2.41. The van der Waals surface area contributed by atoms with Crippen LogP contribution in [-0.2, 0) is 4.79 Å². The van der Waals surface area contributed by atoms with Crippen LogP contribution in [0.3, 0.4) is 0 Å². The van der Waals surface area contributed by atoms with E-state index in [0.717, 1.165) is 24.9 Å². The molecule has 0 aliphatic carbocycles. The fraction of sp³-hybridized carbons (Fsp3) is 0.400. The van der Waals surface area contributed by atoms with Crippen molar-refractivity contribution in [3.8, 4) is 0 Å². The summed E-state index contributed by atoms with van der Waals surface area (Å²) in [5.41, 5.74) is 0.809. The first-order chi connectivity index (χ1) is 9.08. The van der Waals surface area contributed by atoms with Crippen LogP contribution < -0.4 is 0 Å². The van der Waals surface area contributed by atoms with E-state index in [9.17, 15) is 4.79 Å². The van der Waals surface area contributed by atoms with E-state index in [2.05, 4.69) is 6.92 Å². The fourth-order valence-corrected chi connectivity index (χ4v) is 2.79. The second-order valence-corrected chi connectivity index (χ2v) is 5.72. The molecule has 1 aliphatic rings. The van der Waals surface area contributed by atoms with Gasteiger partial charge in [-0.2, -0.15) is 0 Å². The molecule has 0 spiro atoms. The van der Waals surface area contributed by atoms with E-state index in [1.165, 1.54) is 6.42 Å². The quantitative estimate of drug-likeness (QED) is 0.741. The SMILES string of the molecule is CC1CCCCN1C(=O)/C=C/c1ccc(Cl)cc1Cl. The van der Waals surface area contributed by atoms with Crippen molar-refractivity contribution in [2.45, 2.75) is 32.2 Å². The Bertz CT molecular complexity index is 499. The number of hydrogen-bond acceptors (Lipinski definition) is 1. The van der Waals surface area contributed by atoms with E-state index in [1.54, 1.807) is 24.3 Å². The normalized spacial score (nSPS) is 19.9. The van der Waals surface area contributed by atoms with Gasteiger partial charge in [0.25, 0.3) is 0 Å². The third-order valence-electron chi connectivity index (χ3n) is 3.45. The Kier molecular flexibility index (Phi) is 4.89. The number of nitrogens with zero attached hydrogens (tertiary/aromatic N) is 1. The van der Waals surface area contributed by atoms with Crippen LogP contribution in [0.4, 0.5) is 0 Å². The van der Waals surface area contributed by atoms with Gasteiger partial charge in [0, 0.05) is 28.7 Å². The molecule has 102 valence electrons. The van der Waals surface area contributed by atoms with Crippen molar-refractivity contribution >= 4 is 35.2 Å². The van der Waals surface area contributed by atoms with E-state index in [4.69, 9.17) is 23.2 Å². The first-order valence-corrected chi connectivity index (χ1v) is 7.27. The average Bonchev–Trinajstić information content (AvgIpc) is 2.38. The molecule has 2 nitrogen and oxygen atoms in total. The minimum atomic E-state index is 0.0539. The molecule has 1 aromatic rings. The van der Waals surface area contributed by atoms with Crippen molar-refractivity contribution in [2.75, 3.05) is 6.54 Å². The predicted octanol–water partition coefficient (Wildman–Crippen LogP) is 4.41. The number of halogens is 2. The number of rotatable bonds is 2. The zero-order valence-corrected chi connectivity index (χ0v) is 12.4. The van der Waals surface area contributed by atoms with Crippen LogP contribution in [0.25, 0.3) is 6.08 Å². The van der Waals surface area contributed by atoms with E-state index in [-0.39, 0.29) is 5.91 Å². The third kappa shape index (κ3) is 3.74. The maximum Gasteiger partial charge on any atom is 0.246 e. The molecule has 1 amide bonds. The molecule has 0 bridgehead atoms. The molecule has 1 fully saturated rings. The molecule has 1 aromatic carbocycles. The maximum absolute atomic E-state index is 12.1. The van der Waals surface area contributed by atoms with Crippen molar-refractivity contribution in [2.24, 2.45) is 0 Å². The van der Waals surface area contributed by atoms with Gasteiger partial charge in [0.1, 0.15) is 0 Å². The maximum atomic E-state index is 12.1. The molecule has 4 heteroatoms. The number of carbonyl (C=O) groups excluding carboxylic acids is 1. The predicted molar refractivity (Wildman–Crippen MR) is 80.5 cm³/mol. The molecular formula is C15H17Cl2NO. The minimum absolute atomic E-state index is 0.0539. The lowest BCUT2D eigenvalue weighted by atomic mass is 10.0. The van der Waals surface area contributed by atoms with Gasteiger partial charge >= 0.3 is 0 Å². The van der Waals surface area contributed by atoms with E-state index < -0.39 is 0 Å². The van der Waals surface area contributed by atoms with Gasteiger partial charge in [-0.1, -0.05) is 29.3 Å². The van der Waals surface area contributed by atoms with Crippen molar-refractivity contribution in [3.63, 3.8) is 0 Å². The van der Waals surface area contributed by atoms with Crippen LogP contribution in [-0.4, -0.2) is 23.4 Å². The zero-order chi connectivity index (χ0) is 13.8. The zero-order valence-electron chi connectivity index (χ0n) is 10.9. The third-order valence-corrected chi connectivity index (χ3v) is 4.02. The lowest BCUT2D eigenvalue weighted by Gasteiger charge is -2.32. The van der Waals surface area contributed by atoms with Crippen LogP contribution in [0.1, 0.15) is 31.7 Å². The fourth-order valence-electron chi connectivity index (χ4n) is 2.32. The van der Waals surface area contributed by atoms with E-state index in [1.807, 2.05) is 11.0 Å². The topological polar surface area (TPSA) is 20.3 Å². The Balaban J connectivity index is 2.07. The Morgan fingerprint density at radius 2 is 2.16 bits per heavy atom. The van der Waals surface area contributed by atoms with Crippen LogP contribution in [0, 0.1) is 0 Å². The second kappa shape index (κ2) is 6.44. The second-order valence-electron chi connectivity index (χ2n) is 4.88. The molecule has 0 N–H and O–H groups in total. The number of hydrogen-bond donors (Lipinski definition) is 0. The molecule has 1 atom stereocenters. The van der Waals surface area contributed by atoms with Gasteiger partial charge in [0.2, 0.25) is 5.91 Å².